The van der Waals surface area contributed by atoms with E-state index in [9.17, 15) is 0 Å². The first kappa shape index (κ1) is 10.9. The zero-order chi connectivity index (χ0) is 9.73. The fourth-order valence-electron chi connectivity index (χ4n) is 1.13. The van der Waals surface area contributed by atoms with Gasteiger partial charge in [0.05, 0.1) is 29.9 Å². The van der Waals surface area contributed by atoms with E-state index in [0.29, 0.717) is 0 Å². The number of thioether (sulfide) groups is 1. The molecule has 1 fully saturated rings. The van der Waals surface area contributed by atoms with Gasteiger partial charge in [0.2, 0.25) is 0 Å². The number of rotatable bonds is 5. The molecule has 0 aromatic rings. The van der Waals surface area contributed by atoms with E-state index in [1.54, 1.807) is 0 Å². The summed E-state index contributed by atoms with van der Waals surface area (Å²) in [6.45, 7) is 5.85. The molecule has 0 N–H and O–H groups in total. The number of hydrogen-bond acceptors (Lipinski definition) is 3. The molecule has 0 aromatic heterocycles. The van der Waals surface area contributed by atoms with Crippen molar-refractivity contribution in [2.24, 2.45) is 5.41 Å². The van der Waals surface area contributed by atoms with E-state index in [0.717, 1.165) is 31.3 Å². The Hall–Kier alpha value is -0.200. The van der Waals surface area contributed by atoms with Crippen molar-refractivity contribution in [3.8, 4) is 6.07 Å². The van der Waals surface area contributed by atoms with Gasteiger partial charge >= 0.3 is 0 Å². The third-order valence-corrected chi connectivity index (χ3v) is 3.48. The third-order valence-electron chi connectivity index (χ3n) is 2.21. The zero-order valence-electron chi connectivity index (χ0n) is 8.38. The molecule has 0 unspecified atom stereocenters. The maximum absolute atomic E-state index is 8.78. The van der Waals surface area contributed by atoms with E-state index in [1.165, 1.54) is 5.75 Å². The summed E-state index contributed by atoms with van der Waals surface area (Å²) in [6.07, 6.45) is 2.14. The monoisotopic (exact) mass is 199 g/mol. The van der Waals surface area contributed by atoms with Crippen LogP contribution in [0.5, 0.6) is 0 Å². The van der Waals surface area contributed by atoms with Crippen LogP contribution in [0.4, 0.5) is 0 Å². The molecule has 0 atom stereocenters. The average Bonchev–Trinajstić information content (AvgIpc) is 2.01. The van der Waals surface area contributed by atoms with Crippen LogP contribution in [0, 0.1) is 16.7 Å². The lowest BCUT2D eigenvalue weighted by molar-refractivity contribution is 0.0455. The molecule has 1 heterocycles. The lowest BCUT2D eigenvalue weighted by Crippen LogP contribution is -2.30. The van der Waals surface area contributed by atoms with Crippen LogP contribution < -0.4 is 0 Å². The van der Waals surface area contributed by atoms with E-state index >= 15 is 0 Å². The molecule has 1 rings (SSSR count). The van der Waals surface area contributed by atoms with Crippen LogP contribution in [0.2, 0.25) is 0 Å². The van der Waals surface area contributed by atoms with Gasteiger partial charge in [-0.1, -0.05) is 0 Å². The van der Waals surface area contributed by atoms with Gasteiger partial charge in [0.25, 0.3) is 0 Å². The Bertz CT molecular complexity index is 194. The number of nitriles is 1. The Morgan fingerprint density at radius 2 is 2.23 bits per heavy atom. The van der Waals surface area contributed by atoms with Crippen molar-refractivity contribution in [3.05, 3.63) is 0 Å². The van der Waals surface area contributed by atoms with Gasteiger partial charge in [-0.05, 0) is 32.4 Å². The topological polar surface area (TPSA) is 33.0 Å². The van der Waals surface area contributed by atoms with E-state index < -0.39 is 0 Å². The molecule has 74 valence electrons. The smallest absolute Gasteiger partial charge is 0.0683 e. The summed E-state index contributed by atoms with van der Waals surface area (Å²) in [5, 5.41) is 9.51. The highest BCUT2D eigenvalue weighted by Crippen LogP contribution is 2.25. The normalized spacial score (nSPS) is 17.9. The fourth-order valence-corrected chi connectivity index (χ4v) is 2.16. The molecule has 1 aliphatic heterocycles. The molecule has 0 aliphatic carbocycles. The highest BCUT2D eigenvalue weighted by atomic mass is 32.2. The first-order valence-corrected chi connectivity index (χ1v) is 5.79. The Kier molecular flexibility index (Phi) is 4.08. The molecule has 0 bridgehead atoms. The van der Waals surface area contributed by atoms with Crippen LogP contribution in [0.25, 0.3) is 0 Å². The molecular formula is C10H17NOS. The Morgan fingerprint density at radius 1 is 1.54 bits per heavy atom. The highest BCUT2D eigenvalue weighted by Gasteiger charge is 2.19. The summed E-state index contributed by atoms with van der Waals surface area (Å²) in [6, 6.07) is 2.32. The van der Waals surface area contributed by atoms with Crippen molar-refractivity contribution in [1.29, 1.82) is 5.26 Å². The van der Waals surface area contributed by atoms with Crippen LogP contribution in [0.3, 0.4) is 0 Å². The number of hydrogen-bond donors (Lipinski definition) is 0. The van der Waals surface area contributed by atoms with Crippen molar-refractivity contribution in [3.63, 3.8) is 0 Å². The predicted molar refractivity (Wildman–Crippen MR) is 55.7 cm³/mol. The summed E-state index contributed by atoms with van der Waals surface area (Å²) in [5.74, 6) is 1.17. The number of ether oxygens (including phenoxy) is 1. The molecule has 0 saturated carbocycles. The summed E-state index contributed by atoms with van der Waals surface area (Å²) in [5.41, 5.74) is -0.142. The molecule has 3 heteroatoms. The van der Waals surface area contributed by atoms with Crippen LogP contribution in [0.15, 0.2) is 0 Å². The van der Waals surface area contributed by atoms with E-state index in [4.69, 9.17) is 10.00 Å². The van der Waals surface area contributed by atoms with Crippen molar-refractivity contribution < 1.29 is 4.74 Å². The molecule has 0 spiro atoms. The zero-order valence-corrected chi connectivity index (χ0v) is 9.19. The van der Waals surface area contributed by atoms with Crippen molar-refractivity contribution in [2.75, 3.05) is 19.0 Å². The second-order valence-corrected chi connectivity index (χ2v) is 5.54. The van der Waals surface area contributed by atoms with Gasteiger partial charge in [-0.15, -0.1) is 0 Å². The van der Waals surface area contributed by atoms with Crippen molar-refractivity contribution >= 4 is 11.8 Å². The quantitative estimate of drug-likeness (QED) is 0.638. The summed E-state index contributed by atoms with van der Waals surface area (Å²) in [7, 11) is 0. The fraction of sp³-hybridized carbons (Fsp3) is 0.900. The Balaban J connectivity index is 1.97. The summed E-state index contributed by atoms with van der Waals surface area (Å²) in [4.78, 5) is 0. The Labute approximate surface area is 84.6 Å². The van der Waals surface area contributed by atoms with Crippen molar-refractivity contribution in [1.82, 2.24) is 0 Å². The van der Waals surface area contributed by atoms with Crippen LogP contribution in [-0.2, 0) is 4.74 Å². The molecule has 0 aromatic carbocycles. The average molecular weight is 199 g/mol. The summed E-state index contributed by atoms with van der Waals surface area (Å²) < 4.78 is 5.08. The summed E-state index contributed by atoms with van der Waals surface area (Å²) >= 11 is 1.98. The molecule has 0 radical (unpaired) electrons. The Morgan fingerprint density at radius 3 is 2.69 bits per heavy atom. The minimum atomic E-state index is -0.142. The molecule has 1 aliphatic rings. The minimum Gasteiger partial charge on any atom is -0.379 e. The van der Waals surface area contributed by atoms with E-state index in [2.05, 4.69) is 6.07 Å². The van der Waals surface area contributed by atoms with Gasteiger partial charge in [0.15, 0.2) is 0 Å². The first-order chi connectivity index (χ1) is 6.14. The van der Waals surface area contributed by atoms with Gasteiger partial charge < -0.3 is 4.74 Å². The predicted octanol–water partition coefficient (Wildman–Crippen LogP) is 2.45. The first-order valence-electron chi connectivity index (χ1n) is 4.75. The molecule has 2 nitrogen and oxygen atoms in total. The highest BCUT2D eigenvalue weighted by molar-refractivity contribution is 8.00. The molecular weight excluding hydrogens is 182 g/mol. The second kappa shape index (κ2) is 4.88. The van der Waals surface area contributed by atoms with Crippen molar-refractivity contribution in [2.45, 2.75) is 31.9 Å². The third kappa shape index (κ3) is 4.02. The molecule has 13 heavy (non-hydrogen) atoms. The van der Waals surface area contributed by atoms with Gasteiger partial charge in [-0.3, -0.25) is 0 Å². The van der Waals surface area contributed by atoms with E-state index in [1.807, 2.05) is 25.6 Å². The van der Waals surface area contributed by atoms with Crippen LogP contribution >= 0.6 is 11.8 Å². The van der Waals surface area contributed by atoms with Crippen LogP contribution in [0.1, 0.15) is 26.7 Å². The maximum Gasteiger partial charge on any atom is 0.0683 e. The van der Waals surface area contributed by atoms with Gasteiger partial charge in [0.1, 0.15) is 0 Å². The lowest BCUT2D eigenvalue weighted by atomic mass is 9.90. The molecule has 1 saturated heterocycles. The second-order valence-electron chi connectivity index (χ2n) is 4.13. The van der Waals surface area contributed by atoms with Gasteiger partial charge in [-0.25, -0.2) is 0 Å². The largest absolute Gasteiger partial charge is 0.379 e. The standard InChI is InChI=1S/C10H17NOS/c1-10(2,8-11)4-3-5-13-9-6-12-7-9/h9H,3-7H2,1-2H3. The van der Waals surface area contributed by atoms with Crippen LogP contribution in [-0.4, -0.2) is 24.2 Å². The lowest BCUT2D eigenvalue weighted by Gasteiger charge is -2.25. The SMILES string of the molecule is CC(C)(C#N)CCCSC1COC1. The van der Waals surface area contributed by atoms with Gasteiger partial charge in [0, 0.05) is 0 Å². The molecule has 0 amide bonds. The minimum absolute atomic E-state index is 0.142. The maximum atomic E-state index is 8.78. The van der Waals surface area contributed by atoms with Gasteiger partial charge in [-0.2, -0.15) is 17.0 Å². The number of nitrogens with zero attached hydrogens (tertiary/aromatic N) is 1. The van der Waals surface area contributed by atoms with E-state index in [-0.39, 0.29) is 5.41 Å².